The molecule has 2 aromatic rings. The normalized spacial score (nSPS) is 16.1. The van der Waals surface area contributed by atoms with E-state index in [1.807, 2.05) is 17.4 Å². The number of aromatic nitrogens is 2. The van der Waals surface area contributed by atoms with Gasteiger partial charge in [0.05, 0.1) is 16.8 Å². The molecule has 0 bridgehead atoms. The highest BCUT2D eigenvalue weighted by molar-refractivity contribution is 5.87. The number of nitrogens with zero attached hydrogens (tertiary/aromatic N) is 2. The van der Waals surface area contributed by atoms with Crippen molar-refractivity contribution in [2.75, 3.05) is 0 Å². The second-order valence-corrected chi connectivity index (χ2v) is 4.66. The Morgan fingerprint density at radius 1 is 1.47 bits per heavy atom. The van der Waals surface area contributed by atoms with Crippen molar-refractivity contribution in [1.82, 2.24) is 9.38 Å². The van der Waals surface area contributed by atoms with Gasteiger partial charge in [-0.3, -0.25) is 0 Å². The molecule has 17 heavy (non-hydrogen) atoms. The zero-order chi connectivity index (χ0) is 12.0. The van der Waals surface area contributed by atoms with Crippen molar-refractivity contribution in [3.63, 3.8) is 0 Å². The smallest absolute Gasteiger partial charge is 0.337 e. The topological polar surface area (TPSA) is 54.6 Å². The highest BCUT2D eigenvalue weighted by Crippen LogP contribution is 2.36. The summed E-state index contributed by atoms with van der Waals surface area (Å²) >= 11 is 0. The van der Waals surface area contributed by atoms with E-state index in [-0.39, 0.29) is 0 Å². The van der Waals surface area contributed by atoms with Gasteiger partial charge < -0.3 is 9.51 Å². The number of aryl methyl sites for hydroxylation is 1. The molecule has 0 radical (unpaired) electrons. The lowest BCUT2D eigenvalue weighted by atomic mass is 9.85. The molecule has 2 aromatic heterocycles. The summed E-state index contributed by atoms with van der Waals surface area (Å²) in [5.74, 6) is 0.630. The van der Waals surface area contributed by atoms with Gasteiger partial charge in [0.25, 0.3) is 0 Å². The van der Waals surface area contributed by atoms with E-state index in [0.717, 1.165) is 29.9 Å². The Kier molecular flexibility index (Phi) is 2.18. The molecule has 4 heteroatoms. The molecule has 0 amide bonds. The largest absolute Gasteiger partial charge is 0.478 e. The van der Waals surface area contributed by atoms with Crippen LogP contribution < -0.4 is 0 Å². The summed E-state index contributed by atoms with van der Waals surface area (Å²) in [7, 11) is 0. The molecular weight excluding hydrogens is 216 g/mol. The fraction of sp³-hybridized carbons (Fsp3) is 0.385. The van der Waals surface area contributed by atoms with E-state index in [4.69, 9.17) is 5.11 Å². The van der Waals surface area contributed by atoms with E-state index < -0.39 is 5.97 Å². The fourth-order valence-electron chi connectivity index (χ4n) is 2.35. The standard InChI is InChI=1S/C13H14N2O2/c1-8-11-6-5-10(13(16)17)7-15(11)12(14-8)9-3-2-4-9/h5-7,9H,2-4H2,1H3,(H,16,17). The van der Waals surface area contributed by atoms with Crippen LogP contribution in [0.2, 0.25) is 0 Å². The minimum Gasteiger partial charge on any atom is -0.478 e. The van der Waals surface area contributed by atoms with Crippen molar-refractivity contribution in [2.45, 2.75) is 32.1 Å². The molecule has 0 spiro atoms. The number of fused-ring (bicyclic) bond motifs is 1. The van der Waals surface area contributed by atoms with Crippen LogP contribution >= 0.6 is 0 Å². The van der Waals surface area contributed by atoms with E-state index in [9.17, 15) is 4.79 Å². The van der Waals surface area contributed by atoms with Crippen LogP contribution in [0.3, 0.4) is 0 Å². The molecule has 88 valence electrons. The molecule has 0 saturated heterocycles. The van der Waals surface area contributed by atoms with Crippen molar-refractivity contribution in [2.24, 2.45) is 0 Å². The van der Waals surface area contributed by atoms with Gasteiger partial charge in [-0.15, -0.1) is 0 Å². The predicted octanol–water partition coefficient (Wildman–Crippen LogP) is 2.61. The molecule has 1 N–H and O–H groups in total. The first-order valence-corrected chi connectivity index (χ1v) is 5.88. The van der Waals surface area contributed by atoms with Gasteiger partial charge in [-0.05, 0) is 31.9 Å². The van der Waals surface area contributed by atoms with Crippen LogP contribution in [0.15, 0.2) is 18.3 Å². The van der Waals surface area contributed by atoms with Gasteiger partial charge in [0.15, 0.2) is 0 Å². The van der Waals surface area contributed by atoms with E-state index in [0.29, 0.717) is 11.5 Å². The molecule has 3 rings (SSSR count). The number of imidazole rings is 1. The van der Waals surface area contributed by atoms with Gasteiger partial charge in [-0.25, -0.2) is 9.78 Å². The summed E-state index contributed by atoms with van der Waals surface area (Å²) in [4.78, 5) is 15.6. The van der Waals surface area contributed by atoms with Crippen molar-refractivity contribution in [3.05, 3.63) is 35.4 Å². The second-order valence-electron chi connectivity index (χ2n) is 4.66. The van der Waals surface area contributed by atoms with E-state index in [1.165, 1.54) is 6.42 Å². The molecular formula is C13H14N2O2. The summed E-state index contributed by atoms with van der Waals surface area (Å²) < 4.78 is 1.95. The van der Waals surface area contributed by atoms with Gasteiger partial charge in [0.2, 0.25) is 0 Å². The number of carbonyl (C=O) groups is 1. The Hall–Kier alpha value is -1.84. The third-order valence-corrected chi connectivity index (χ3v) is 3.57. The molecule has 1 saturated carbocycles. The molecule has 0 atom stereocenters. The average Bonchev–Trinajstić information content (AvgIpc) is 2.54. The number of pyridine rings is 1. The molecule has 0 aromatic carbocycles. The minimum atomic E-state index is -0.891. The van der Waals surface area contributed by atoms with Crippen LogP contribution in [0.25, 0.3) is 5.52 Å². The predicted molar refractivity (Wildman–Crippen MR) is 63.5 cm³/mol. The lowest BCUT2D eigenvalue weighted by molar-refractivity contribution is 0.0696. The van der Waals surface area contributed by atoms with Crippen molar-refractivity contribution < 1.29 is 9.90 Å². The summed E-state index contributed by atoms with van der Waals surface area (Å²) in [5.41, 5.74) is 2.30. The summed E-state index contributed by atoms with van der Waals surface area (Å²) in [6.45, 7) is 1.97. The highest BCUT2D eigenvalue weighted by atomic mass is 16.4. The van der Waals surface area contributed by atoms with Gasteiger partial charge in [-0.1, -0.05) is 6.42 Å². The first-order valence-electron chi connectivity index (χ1n) is 5.88. The number of aromatic carboxylic acids is 1. The Labute approximate surface area is 98.9 Å². The lowest BCUT2D eigenvalue weighted by Crippen LogP contribution is -2.13. The van der Waals surface area contributed by atoms with Gasteiger partial charge in [-0.2, -0.15) is 0 Å². The number of rotatable bonds is 2. The van der Waals surface area contributed by atoms with Crippen LogP contribution in [-0.4, -0.2) is 20.5 Å². The highest BCUT2D eigenvalue weighted by Gasteiger charge is 2.25. The van der Waals surface area contributed by atoms with Crippen molar-refractivity contribution in [3.8, 4) is 0 Å². The first-order chi connectivity index (χ1) is 8.16. The lowest BCUT2D eigenvalue weighted by Gasteiger charge is -2.24. The monoisotopic (exact) mass is 230 g/mol. The van der Waals surface area contributed by atoms with Gasteiger partial charge >= 0.3 is 5.97 Å². The Bertz CT molecular complexity index is 597. The van der Waals surface area contributed by atoms with Gasteiger partial charge in [0.1, 0.15) is 5.82 Å². The fourth-order valence-corrected chi connectivity index (χ4v) is 2.35. The third kappa shape index (κ3) is 1.52. The van der Waals surface area contributed by atoms with Crippen LogP contribution in [-0.2, 0) is 0 Å². The third-order valence-electron chi connectivity index (χ3n) is 3.57. The second kappa shape index (κ2) is 3.58. The molecule has 1 aliphatic rings. The number of carboxylic acids is 1. The van der Waals surface area contributed by atoms with Gasteiger partial charge in [0, 0.05) is 12.1 Å². The Balaban J connectivity index is 2.20. The Morgan fingerprint density at radius 3 is 2.82 bits per heavy atom. The molecule has 1 fully saturated rings. The van der Waals surface area contributed by atoms with Crippen LogP contribution in [0.5, 0.6) is 0 Å². The summed E-state index contributed by atoms with van der Waals surface area (Å²) in [5, 5.41) is 9.02. The summed E-state index contributed by atoms with van der Waals surface area (Å²) in [6.07, 6.45) is 5.26. The first kappa shape index (κ1) is 10.3. The maximum Gasteiger partial charge on any atom is 0.337 e. The molecule has 1 aliphatic carbocycles. The van der Waals surface area contributed by atoms with E-state index >= 15 is 0 Å². The zero-order valence-electron chi connectivity index (χ0n) is 9.68. The van der Waals surface area contributed by atoms with Crippen molar-refractivity contribution in [1.29, 1.82) is 0 Å². The minimum absolute atomic E-state index is 0.315. The average molecular weight is 230 g/mol. The maximum atomic E-state index is 11.0. The molecule has 0 aliphatic heterocycles. The van der Waals surface area contributed by atoms with Crippen molar-refractivity contribution >= 4 is 11.5 Å². The molecule has 2 heterocycles. The Morgan fingerprint density at radius 2 is 2.24 bits per heavy atom. The number of carboxylic acid groups (broad SMARTS) is 1. The number of hydrogen-bond donors (Lipinski definition) is 1. The SMILES string of the molecule is Cc1nc(C2CCC2)n2cc(C(=O)O)ccc12. The van der Waals surface area contributed by atoms with Crippen LogP contribution in [0, 0.1) is 6.92 Å². The quantitative estimate of drug-likeness (QED) is 0.862. The maximum absolute atomic E-state index is 11.0. The van der Waals surface area contributed by atoms with Crippen LogP contribution in [0.1, 0.15) is 47.1 Å². The number of hydrogen-bond acceptors (Lipinski definition) is 2. The zero-order valence-corrected chi connectivity index (χ0v) is 9.68. The van der Waals surface area contributed by atoms with E-state index in [1.54, 1.807) is 12.3 Å². The van der Waals surface area contributed by atoms with E-state index in [2.05, 4.69) is 4.98 Å². The summed E-state index contributed by atoms with van der Waals surface area (Å²) in [6, 6.07) is 3.48. The molecule has 4 nitrogen and oxygen atoms in total. The molecule has 0 unspecified atom stereocenters. The van der Waals surface area contributed by atoms with Crippen LogP contribution in [0.4, 0.5) is 0 Å².